The molecule has 0 radical (unpaired) electrons. The Kier molecular flexibility index (Phi) is 8.34. The molecule has 0 spiro atoms. The summed E-state index contributed by atoms with van der Waals surface area (Å²) in [5.74, 6) is 3.16. The molecule has 12 atom stereocenters. The zero-order chi connectivity index (χ0) is 28.2. The van der Waals surface area contributed by atoms with Gasteiger partial charge in [-0.3, -0.25) is 4.79 Å². The molecule has 4 unspecified atom stereocenters. The van der Waals surface area contributed by atoms with Gasteiger partial charge in [0.2, 0.25) is 5.91 Å². The summed E-state index contributed by atoms with van der Waals surface area (Å²) < 4.78 is 11.9. The molecular weight excluding hydrogens is 510 g/mol. The highest BCUT2D eigenvalue weighted by Crippen LogP contribution is 2.63. The number of piperidine rings is 1. The van der Waals surface area contributed by atoms with Gasteiger partial charge in [-0.05, 0) is 107 Å². The maximum atomic E-state index is 13.8. The Labute approximate surface area is 239 Å². The van der Waals surface area contributed by atoms with Crippen molar-refractivity contribution in [1.29, 1.82) is 0 Å². The smallest absolute Gasteiger partial charge is 0.226 e. The summed E-state index contributed by atoms with van der Waals surface area (Å²) in [6.07, 6.45) is 9.57. The second kappa shape index (κ2) is 11.4. The summed E-state index contributed by atoms with van der Waals surface area (Å²) in [6, 6.07) is 0. The lowest BCUT2D eigenvalue weighted by atomic mass is 9.45. The van der Waals surface area contributed by atoms with E-state index in [-0.39, 0.29) is 23.0 Å². The lowest BCUT2D eigenvalue weighted by Gasteiger charge is -2.64. The topological polar surface area (TPSA) is 120 Å². The van der Waals surface area contributed by atoms with Crippen LogP contribution in [-0.2, 0) is 14.3 Å². The quantitative estimate of drug-likeness (QED) is 0.387. The lowest BCUT2D eigenvalue weighted by Crippen LogP contribution is -2.65. The van der Waals surface area contributed by atoms with Crippen LogP contribution in [0.1, 0.15) is 104 Å². The van der Waals surface area contributed by atoms with Crippen molar-refractivity contribution in [3.63, 3.8) is 0 Å². The highest BCUT2D eigenvalue weighted by molar-refractivity contribution is 5.80. The maximum absolute atomic E-state index is 13.8. The van der Waals surface area contributed by atoms with E-state index in [0.717, 1.165) is 57.9 Å². The third-order valence-corrected chi connectivity index (χ3v) is 12.9. The summed E-state index contributed by atoms with van der Waals surface area (Å²) >= 11 is 0. The van der Waals surface area contributed by atoms with Gasteiger partial charge in [-0.25, -0.2) is 0 Å². The van der Waals surface area contributed by atoms with Gasteiger partial charge in [-0.1, -0.05) is 26.2 Å². The Morgan fingerprint density at radius 3 is 2.40 bits per heavy atom. The lowest BCUT2D eigenvalue weighted by molar-refractivity contribution is -0.316. The minimum atomic E-state index is -1.41. The summed E-state index contributed by atoms with van der Waals surface area (Å²) in [5, 5.41) is 40.4. The van der Waals surface area contributed by atoms with Crippen LogP contribution in [0, 0.1) is 35.0 Å². The molecule has 6 rings (SSSR count). The molecule has 4 N–H and O–H groups in total. The van der Waals surface area contributed by atoms with Crippen molar-refractivity contribution in [3.05, 3.63) is 0 Å². The van der Waals surface area contributed by atoms with Crippen LogP contribution in [-0.4, -0.2) is 86.7 Å². The standard InChI is InChI=1S/C32H53NO7/c1-31-14-12-21(39-30-28(37)27(36)26(35)25(18-34)40-30)17-20(31)10-11-22-23(31)13-15-32(2)24(22)9-6-16-33(32)29(38)19-7-4-3-5-8-19/h19-28,30,34-37H,3-18H2,1-2H3/t20?,21-,22?,23-,24-,25-,26-,27+,28?,30-,31-,32?/m0/s1. The van der Waals surface area contributed by atoms with Crippen molar-refractivity contribution < 1.29 is 34.7 Å². The molecule has 6 fully saturated rings. The summed E-state index contributed by atoms with van der Waals surface area (Å²) in [7, 11) is 0. The fraction of sp³-hybridized carbons (Fsp3) is 0.969. The van der Waals surface area contributed by atoms with Crippen LogP contribution in [0.15, 0.2) is 0 Å². The van der Waals surface area contributed by atoms with E-state index in [0.29, 0.717) is 29.6 Å². The maximum Gasteiger partial charge on any atom is 0.226 e. The molecule has 0 bridgehead atoms. The third-order valence-electron chi connectivity index (χ3n) is 12.9. The Balaban J connectivity index is 1.12. The van der Waals surface area contributed by atoms with Crippen LogP contribution in [0.2, 0.25) is 0 Å². The van der Waals surface area contributed by atoms with Gasteiger partial charge in [-0.15, -0.1) is 0 Å². The molecular formula is C32H53NO7. The predicted molar refractivity (Wildman–Crippen MR) is 149 cm³/mol. The number of likely N-dealkylation sites (tertiary alicyclic amines) is 1. The van der Waals surface area contributed by atoms with Crippen LogP contribution in [0.25, 0.3) is 0 Å². The molecule has 2 saturated heterocycles. The molecule has 8 nitrogen and oxygen atoms in total. The van der Waals surface area contributed by atoms with Gasteiger partial charge in [0, 0.05) is 18.0 Å². The van der Waals surface area contributed by atoms with E-state index >= 15 is 0 Å². The highest BCUT2D eigenvalue weighted by Gasteiger charge is 2.60. The fourth-order valence-corrected chi connectivity index (χ4v) is 10.5. The van der Waals surface area contributed by atoms with E-state index in [1.165, 1.54) is 38.5 Å². The largest absolute Gasteiger partial charge is 0.394 e. The van der Waals surface area contributed by atoms with E-state index in [4.69, 9.17) is 9.47 Å². The summed E-state index contributed by atoms with van der Waals surface area (Å²) in [5.41, 5.74) is 0.246. The van der Waals surface area contributed by atoms with Crippen LogP contribution in [0.5, 0.6) is 0 Å². The van der Waals surface area contributed by atoms with E-state index in [2.05, 4.69) is 18.7 Å². The number of aliphatic hydroxyl groups excluding tert-OH is 4. The SMILES string of the molecule is CC12CC[C@H]3C(CCC4C[C@@H](O[C@H]5O[C@@H](CO)[C@H](O)[C@@H](O)C5O)CC[C@@]43C)[C@@H]1CCCN2C(=O)C1CCCCC1. The van der Waals surface area contributed by atoms with Crippen molar-refractivity contribution in [2.45, 2.75) is 146 Å². The van der Waals surface area contributed by atoms with Crippen LogP contribution >= 0.6 is 0 Å². The van der Waals surface area contributed by atoms with Gasteiger partial charge < -0.3 is 34.8 Å². The van der Waals surface area contributed by atoms with Crippen molar-refractivity contribution in [1.82, 2.24) is 4.90 Å². The molecule has 1 amide bonds. The van der Waals surface area contributed by atoms with Gasteiger partial charge in [0.25, 0.3) is 0 Å². The van der Waals surface area contributed by atoms with Crippen LogP contribution in [0.4, 0.5) is 0 Å². The Hall–Kier alpha value is -0.770. The first-order chi connectivity index (χ1) is 19.2. The number of rotatable bonds is 4. The van der Waals surface area contributed by atoms with Gasteiger partial charge in [0.1, 0.15) is 24.4 Å². The number of hydrogen-bond donors (Lipinski definition) is 4. The number of amides is 1. The second-order valence-corrected chi connectivity index (χ2v) is 14.7. The Morgan fingerprint density at radius 2 is 1.65 bits per heavy atom. The Morgan fingerprint density at radius 1 is 0.875 bits per heavy atom. The Bertz CT molecular complexity index is 910. The number of aliphatic hydroxyl groups is 4. The van der Waals surface area contributed by atoms with E-state index < -0.39 is 37.3 Å². The van der Waals surface area contributed by atoms with E-state index in [1.54, 1.807) is 0 Å². The molecule has 0 aromatic carbocycles. The zero-order valence-electron chi connectivity index (χ0n) is 24.6. The number of fused-ring (bicyclic) bond motifs is 5. The first kappa shape index (κ1) is 29.3. The molecule has 6 aliphatic rings. The van der Waals surface area contributed by atoms with Crippen molar-refractivity contribution in [3.8, 4) is 0 Å². The van der Waals surface area contributed by atoms with Crippen LogP contribution in [0.3, 0.4) is 0 Å². The number of nitrogens with zero attached hydrogens (tertiary/aromatic N) is 1. The number of carbonyl (C=O) groups is 1. The van der Waals surface area contributed by atoms with Gasteiger partial charge in [0.15, 0.2) is 6.29 Å². The monoisotopic (exact) mass is 563 g/mol. The zero-order valence-corrected chi connectivity index (χ0v) is 24.6. The first-order valence-electron chi connectivity index (χ1n) is 16.4. The fourth-order valence-electron chi connectivity index (χ4n) is 10.5. The normalized spacial score (nSPS) is 50.0. The molecule has 0 aromatic rings. The third kappa shape index (κ3) is 4.86. The van der Waals surface area contributed by atoms with E-state index in [9.17, 15) is 25.2 Å². The summed E-state index contributed by atoms with van der Waals surface area (Å²) in [4.78, 5) is 16.2. The molecule has 40 heavy (non-hydrogen) atoms. The highest BCUT2D eigenvalue weighted by atomic mass is 16.7. The molecule has 4 saturated carbocycles. The number of hydrogen-bond acceptors (Lipinski definition) is 7. The average molecular weight is 564 g/mol. The number of ether oxygens (including phenoxy) is 2. The van der Waals surface area contributed by atoms with Crippen LogP contribution < -0.4 is 0 Å². The molecule has 8 heteroatoms. The average Bonchev–Trinajstić information content (AvgIpc) is 2.97. The molecule has 228 valence electrons. The minimum Gasteiger partial charge on any atom is -0.394 e. The summed E-state index contributed by atoms with van der Waals surface area (Å²) in [6.45, 7) is 5.43. The van der Waals surface area contributed by atoms with Crippen molar-refractivity contribution >= 4 is 5.91 Å². The second-order valence-electron chi connectivity index (χ2n) is 14.7. The van der Waals surface area contributed by atoms with Gasteiger partial charge in [0.05, 0.1) is 12.7 Å². The predicted octanol–water partition coefficient (Wildman–Crippen LogP) is 3.38. The van der Waals surface area contributed by atoms with E-state index in [1.807, 2.05) is 0 Å². The van der Waals surface area contributed by atoms with Gasteiger partial charge in [-0.2, -0.15) is 0 Å². The number of carbonyl (C=O) groups excluding carboxylic acids is 1. The molecule has 2 aliphatic heterocycles. The van der Waals surface area contributed by atoms with Gasteiger partial charge >= 0.3 is 0 Å². The van der Waals surface area contributed by atoms with Crippen molar-refractivity contribution in [2.24, 2.45) is 35.0 Å². The van der Waals surface area contributed by atoms with Crippen molar-refractivity contribution in [2.75, 3.05) is 13.2 Å². The molecule has 0 aromatic heterocycles. The first-order valence-corrected chi connectivity index (χ1v) is 16.4. The minimum absolute atomic E-state index is 0.000560. The molecule has 4 aliphatic carbocycles. The molecule has 2 heterocycles.